The average molecular weight is 173 g/mol. The molecule has 0 aliphatic carbocycles. The number of H-pyrrole nitrogens is 1. The fourth-order valence-corrected chi connectivity index (χ4v) is 1.38. The first-order valence-electron chi connectivity index (χ1n) is 3.45. The molecule has 0 amide bonds. The third-order valence-electron chi connectivity index (χ3n) is 1.11. The predicted octanol–water partition coefficient (Wildman–Crippen LogP) is 0.588. The van der Waals surface area contributed by atoms with Crippen molar-refractivity contribution in [2.75, 3.05) is 12.4 Å². The van der Waals surface area contributed by atoms with Gasteiger partial charge in [0, 0.05) is 12.4 Å². The van der Waals surface area contributed by atoms with Gasteiger partial charge in [-0.2, -0.15) is 0 Å². The van der Waals surface area contributed by atoms with Crippen molar-refractivity contribution in [1.82, 2.24) is 15.2 Å². The van der Waals surface area contributed by atoms with Crippen molar-refractivity contribution in [1.29, 1.82) is 0 Å². The van der Waals surface area contributed by atoms with Gasteiger partial charge in [-0.25, -0.2) is 4.98 Å². The van der Waals surface area contributed by atoms with Crippen LogP contribution in [-0.2, 0) is 0 Å². The van der Waals surface area contributed by atoms with Crippen molar-refractivity contribution >= 4 is 11.8 Å². The Kier molecular flexibility index (Phi) is 3.38. The van der Waals surface area contributed by atoms with E-state index < -0.39 is 0 Å². The molecule has 0 aromatic carbocycles. The van der Waals surface area contributed by atoms with Crippen LogP contribution in [0, 0.1) is 6.92 Å². The van der Waals surface area contributed by atoms with Gasteiger partial charge in [-0.1, -0.05) is 11.8 Å². The Morgan fingerprint density at radius 2 is 2.45 bits per heavy atom. The van der Waals surface area contributed by atoms with Gasteiger partial charge in [0.15, 0.2) is 0 Å². The molecule has 0 fully saturated rings. The number of nitrogens with one attached hydrogen (secondary N) is 1. The molecule has 5 heteroatoms. The molecule has 2 N–H and O–H groups in total. The van der Waals surface area contributed by atoms with E-state index in [1.54, 1.807) is 11.8 Å². The number of hydrogen-bond donors (Lipinski definition) is 2. The highest BCUT2D eigenvalue weighted by Gasteiger charge is 1.98. The predicted molar refractivity (Wildman–Crippen MR) is 43.5 cm³/mol. The van der Waals surface area contributed by atoms with Crippen LogP contribution in [0.25, 0.3) is 0 Å². The molecule has 0 saturated heterocycles. The second-order valence-electron chi connectivity index (χ2n) is 2.13. The third kappa shape index (κ3) is 2.90. The maximum absolute atomic E-state index is 8.49. The highest BCUT2D eigenvalue weighted by molar-refractivity contribution is 7.99. The summed E-state index contributed by atoms with van der Waals surface area (Å²) in [6.07, 6.45) is 0.790. The highest BCUT2D eigenvalue weighted by Crippen LogP contribution is 2.12. The van der Waals surface area contributed by atoms with E-state index in [2.05, 4.69) is 15.2 Å². The number of aliphatic hydroxyl groups excluding tert-OH is 1. The van der Waals surface area contributed by atoms with Crippen LogP contribution in [0.2, 0.25) is 0 Å². The quantitative estimate of drug-likeness (QED) is 0.516. The van der Waals surface area contributed by atoms with Gasteiger partial charge in [-0.15, -0.1) is 5.10 Å². The van der Waals surface area contributed by atoms with Crippen LogP contribution in [0.15, 0.2) is 5.16 Å². The molecule has 62 valence electrons. The summed E-state index contributed by atoms with van der Waals surface area (Å²) in [5.41, 5.74) is 0. The molecule has 1 heterocycles. The van der Waals surface area contributed by atoms with Gasteiger partial charge in [-0.3, -0.25) is 5.10 Å². The largest absolute Gasteiger partial charge is 0.396 e. The molecule has 0 saturated carbocycles. The molecule has 0 spiro atoms. The lowest BCUT2D eigenvalue weighted by Crippen LogP contribution is -1.86. The number of rotatable bonds is 4. The van der Waals surface area contributed by atoms with Crippen LogP contribution < -0.4 is 0 Å². The lowest BCUT2D eigenvalue weighted by molar-refractivity contribution is 0.296. The van der Waals surface area contributed by atoms with E-state index in [0.717, 1.165) is 23.2 Å². The number of thioether (sulfide) groups is 1. The summed E-state index contributed by atoms with van der Waals surface area (Å²) in [4.78, 5) is 4.10. The number of aromatic amines is 1. The Morgan fingerprint density at radius 3 is 3.00 bits per heavy atom. The summed E-state index contributed by atoms with van der Waals surface area (Å²) in [6.45, 7) is 2.10. The number of aryl methyl sites for hydroxylation is 1. The number of aromatic nitrogens is 3. The van der Waals surface area contributed by atoms with Gasteiger partial charge in [0.25, 0.3) is 0 Å². The molecular formula is C6H11N3OS. The highest BCUT2D eigenvalue weighted by atomic mass is 32.2. The van der Waals surface area contributed by atoms with E-state index in [9.17, 15) is 0 Å². The zero-order valence-electron chi connectivity index (χ0n) is 6.37. The van der Waals surface area contributed by atoms with Crippen LogP contribution >= 0.6 is 11.8 Å². The Hall–Kier alpha value is -0.550. The first-order valence-corrected chi connectivity index (χ1v) is 4.44. The standard InChI is InChI=1S/C6H11N3OS/c1-5-7-6(9-8-5)11-4-2-3-10/h10H,2-4H2,1H3,(H,7,8,9). The third-order valence-corrected chi connectivity index (χ3v) is 2.04. The van der Waals surface area contributed by atoms with Crippen molar-refractivity contribution in [3.05, 3.63) is 5.82 Å². The minimum absolute atomic E-state index is 0.233. The molecule has 0 atom stereocenters. The molecule has 0 aliphatic heterocycles. The van der Waals surface area contributed by atoms with E-state index in [0.29, 0.717) is 0 Å². The van der Waals surface area contributed by atoms with Crippen LogP contribution in [0.3, 0.4) is 0 Å². The zero-order chi connectivity index (χ0) is 8.10. The molecule has 0 radical (unpaired) electrons. The molecule has 0 unspecified atom stereocenters. The van der Waals surface area contributed by atoms with Crippen LogP contribution in [0.4, 0.5) is 0 Å². The molecule has 0 aliphatic rings. The fourth-order valence-electron chi connectivity index (χ4n) is 0.615. The molecule has 1 rings (SSSR count). The first-order chi connectivity index (χ1) is 5.33. The lowest BCUT2D eigenvalue weighted by Gasteiger charge is -1.91. The van der Waals surface area contributed by atoms with E-state index >= 15 is 0 Å². The summed E-state index contributed by atoms with van der Waals surface area (Å²) in [6, 6.07) is 0. The Morgan fingerprint density at radius 1 is 1.64 bits per heavy atom. The number of hydrogen-bond acceptors (Lipinski definition) is 4. The molecule has 0 bridgehead atoms. The Balaban J connectivity index is 2.27. The van der Waals surface area contributed by atoms with Gasteiger partial charge in [-0.05, 0) is 13.3 Å². The van der Waals surface area contributed by atoms with Gasteiger partial charge in [0.2, 0.25) is 5.16 Å². The van der Waals surface area contributed by atoms with Crippen LogP contribution in [0.5, 0.6) is 0 Å². The van der Waals surface area contributed by atoms with Crippen molar-refractivity contribution in [3.63, 3.8) is 0 Å². The summed E-state index contributed by atoms with van der Waals surface area (Å²) in [5.74, 6) is 1.70. The normalized spacial score (nSPS) is 10.4. The molecule has 1 aromatic rings. The van der Waals surface area contributed by atoms with Gasteiger partial charge in [0.1, 0.15) is 5.82 Å². The number of aliphatic hydroxyl groups is 1. The van der Waals surface area contributed by atoms with Crippen LogP contribution in [-0.4, -0.2) is 32.6 Å². The van der Waals surface area contributed by atoms with E-state index in [1.165, 1.54) is 0 Å². The molecule has 11 heavy (non-hydrogen) atoms. The first kappa shape index (κ1) is 8.55. The van der Waals surface area contributed by atoms with Crippen molar-refractivity contribution in [2.45, 2.75) is 18.5 Å². The van der Waals surface area contributed by atoms with Gasteiger partial charge >= 0.3 is 0 Å². The smallest absolute Gasteiger partial charge is 0.208 e. The van der Waals surface area contributed by atoms with Crippen LogP contribution in [0.1, 0.15) is 12.2 Å². The van der Waals surface area contributed by atoms with Gasteiger partial charge < -0.3 is 5.11 Å². The van der Waals surface area contributed by atoms with E-state index in [4.69, 9.17) is 5.11 Å². The zero-order valence-corrected chi connectivity index (χ0v) is 7.19. The molecular weight excluding hydrogens is 162 g/mol. The van der Waals surface area contributed by atoms with Crippen molar-refractivity contribution in [2.24, 2.45) is 0 Å². The average Bonchev–Trinajstić information content (AvgIpc) is 2.37. The summed E-state index contributed by atoms with van der Waals surface area (Å²) in [5, 5.41) is 15.9. The maximum Gasteiger partial charge on any atom is 0.208 e. The second kappa shape index (κ2) is 4.35. The minimum Gasteiger partial charge on any atom is -0.396 e. The monoisotopic (exact) mass is 173 g/mol. The van der Waals surface area contributed by atoms with Crippen molar-refractivity contribution < 1.29 is 5.11 Å². The SMILES string of the molecule is Cc1nc(SCCCO)n[nH]1. The van der Waals surface area contributed by atoms with E-state index in [-0.39, 0.29) is 6.61 Å². The summed E-state index contributed by atoms with van der Waals surface area (Å²) in [7, 11) is 0. The number of nitrogens with zero attached hydrogens (tertiary/aromatic N) is 2. The van der Waals surface area contributed by atoms with Crippen molar-refractivity contribution in [3.8, 4) is 0 Å². The summed E-state index contributed by atoms with van der Waals surface area (Å²) >= 11 is 1.55. The Bertz CT molecular complexity index is 213. The Labute approximate surface area is 69.4 Å². The summed E-state index contributed by atoms with van der Waals surface area (Å²) < 4.78 is 0. The fraction of sp³-hybridized carbons (Fsp3) is 0.667. The van der Waals surface area contributed by atoms with E-state index in [1.807, 2.05) is 6.92 Å². The minimum atomic E-state index is 0.233. The van der Waals surface area contributed by atoms with Gasteiger partial charge in [0.05, 0.1) is 0 Å². The lowest BCUT2D eigenvalue weighted by atomic mass is 10.5. The second-order valence-corrected chi connectivity index (χ2v) is 3.19. The topological polar surface area (TPSA) is 61.8 Å². The molecule has 4 nitrogen and oxygen atoms in total. The molecule has 1 aromatic heterocycles. The maximum atomic E-state index is 8.49.